The number of fused-ring (bicyclic) bond motifs is 5. The molecule has 3 aromatic heterocycles. The van der Waals surface area contributed by atoms with Crippen molar-refractivity contribution >= 4 is 49.2 Å². The second-order valence-corrected chi connectivity index (χ2v) is 13.8. The molecule has 0 radical (unpaired) electrons. The first-order valence-electron chi connectivity index (χ1n) is 15.6. The van der Waals surface area contributed by atoms with Gasteiger partial charge in [-0.05, 0) is 63.2 Å². The molecule has 2 unspecified atom stereocenters. The third-order valence-corrected chi connectivity index (χ3v) is 11.3. The summed E-state index contributed by atoms with van der Waals surface area (Å²) in [6.07, 6.45) is 8.28. The van der Waals surface area contributed by atoms with Crippen molar-refractivity contribution in [1.29, 1.82) is 5.26 Å². The molecule has 4 aromatic rings. The van der Waals surface area contributed by atoms with E-state index in [1.807, 2.05) is 4.57 Å². The molecule has 234 valence electrons. The molecule has 0 spiro atoms. The number of nitriles is 1. The molecule has 1 aromatic carbocycles. The summed E-state index contributed by atoms with van der Waals surface area (Å²) in [5.41, 5.74) is 8.41. The van der Waals surface area contributed by atoms with Crippen LogP contribution in [0.3, 0.4) is 0 Å². The van der Waals surface area contributed by atoms with Crippen LogP contribution in [0.2, 0.25) is 0 Å². The van der Waals surface area contributed by atoms with Crippen molar-refractivity contribution in [3.8, 4) is 11.9 Å². The Balaban J connectivity index is 1.29. The van der Waals surface area contributed by atoms with Gasteiger partial charge in [-0.15, -0.1) is 11.3 Å². The Morgan fingerprint density at radius 3 is 2.71 bits per heavy atom. The van der Waals surface area contributed by atoms with Crippen molar-refractivity contribution in [3.05, 3.63) is 41.0 Å². The number of esters is 1. The predicted octanol–water partition coefficient (Wildman–Crippen LogP) is 4.02. The third kappa shape index (κ3) is 4.53. The number of anilines is 2. The van der Waals surface area contributed by atoms with Gasteiger partial charge < -0.3 is 30.0 Å². The zero-order valence-electron chi connectivity index (χ0n) is 25.1. The quantitative estimate of drug-likeness (QED) is 0.288. The molecule has 0 amide bonds. The maximum atomic E-state index is 14.9. The SMILES string of the molecule is COC(=O)c1c(N2CC3CCC(C2)N3)nc(OCC23CCCN2CCC3)c2ncn(Cc3ccc(F)c4sc(N)c(C#N)c34)c12. The lowest BCUT2D eigenvalue weighted by Crippen LogP contribution is -2.51. The van der Waals surface area contributed by atoms with E-state index in [9.17, 15) is 14.4 Å². The van der Waals surface area contributed by atoms with Gasteiger partial charge in [-0.3, -0.25) is 4.90 Å². The van der Waals surface area contributed by atoms with Crippen LogP contribution < -0.4 is 20.7 Å². The van der Waals surface area contributed by atoms with Crippen LogP contribution in [0.25, 0.3) is 21.1 Å². The maximum Gasteiger partial charge on any atom is 0.343 e. The van der Waals surface area contributed by atoms with Crippen LogP contribution >= 0.6 is 11.3 Å². The standard InChI is InChI=1S/C32H35FN8O3S/c1-43-31(42)24-26-25(36-17-40(26)13-18-4-7-22(33)27-23(18)21(12-34)28(35)45-27)30(44-16-32-8-2-10-41(32)11-3-9-32)38-29(24)39-14-19-5-6-20(15-39)37-19/h4,7,17,19-20,37H,2-3,5-6,8-11,13-16,35H2,1H3. The Morgan fingerprint density at radius 2 is 2.00 bits per heavy atom. The number of nitrogens with zero attached hydrogens (tertiary/aromatic N) is 6. The van der Waals surface area contributed by atoms with Crippen molar-refractivity contribution in [1.82, 2.24) is 24.8 Å². The highest BCUT2D eigenvalue weighted by Gasteiger charge is 2.45. The molecule has 4 fully saturated rings. The van der Waals surface area contributed by atoms with E-state index in [4.69, 9.17) is 25.2 Å². The van der Waals surface area contributed by atoms with Gasteiger partial charge in [-0.2, -0.15) is 10.2 Å². The molecule has 0 saturated carbocycles. The van der Waals surface area contributed by atoms with Crippen LogP contribution in [0.4, 0.5) is 15.2 Å². The van der Waals surface area contributed by atoms with Gasteiger partial charge in [-0.1, -0.05) is 6.07 Å². The lowest BCUT2D eigenvalue weighted by atomic mass is 9.95. The Bertz CT molecular complexity index is 1860. The van der Waals surface area contributed by atoms with E-state index >= 15 is 0 Å². The van der Waals surface area contributed by atoms with E-state index in [1.165, 1.54) is 13.2 Å². The topological polar surface area (TPSA) is 135 Å². The van der Waals surface area contributed by atoms with E-state index in [-0.39, 0.29) is 22.6 Å². The van der Waals surface area contributed by atoms with E-state index in [1.54, 1.807) is 12.4 Å². The number of aromatic nitrogens is 3. The predicted molar refractivity (Wildman–Crippen MR) is 169 cm³/mol. The normalized spacial score (nSPS) is 22.3. The Hall–Kier alpha value is -3.99. The average Bonchev–Trinajstić information content (AvgIpc) is 3.86. The van der Waals surface area contributed by atoms with Gasteiger partial charge in [0.25, 0.3) is 0 Å². The Labute approximate surface area is 263 Å². The Morgan fingerprint density at radius 1 is 1.24 bits per heavy atom. The lowest BCUT2D eigenvalue weighted by molar-refractivity contribution is 0.0602. The number of imidazole rings is 1. The first-order valence-corrected chi connectivity index (χ1v) is 16.5. The molecule has 13 heteroatoms. The summed E-state index contributed by atoms with van der Waals surface area (Å²) < 4.78 is 29.0. The number of piperazine rings is 1. The van der Waals surface area contributed by atoms with Crippen molar-refractivity contribution in [2.24, 2.45) is 0 Å². The van der Waals surface area contributed by atoms with Crippen molar-refractivity contribution in [3.63, 3.8) is 0 Å². The summed E-state index contributed by atoms with van der Waals surface area (Å²) in [4.78, 5) is 28.2. The summed E-state index contributed by atoms with van der Waals surface area (Å²) in [6.45, 7) is 4.31. The van der Waals surface area contributed by atoms with Crippen molar-refractivity contribution < 1.29 is 18.7 Å². The van der Waals surface area contributed by atoms with Gasteiger partial charge in [-0.25, -0.2) is 14.2 Å². The fourth-order valence-corrected chi connectivity index (χ4v) is 9.14. The van der Waals surface area contributed by atoms with Crippen LogP contribution in [0, 0.1) is 17.1 Å². The van der Waals surface area contributed by atoms with E-state index < -0.39 is 11.8 Å². The maximum absolute atomic E-state index is 14.9. The molecule has 11 nitrogen and oxygen atoms in total. The van der Waals surface area contributed by atoms with Gasteiger partial charge in [0.1, 0.15) is 34.9 Å². The van der Waals surface area contributed by atoms with E-state index in [0.29, 0.717) is 75.7 Å². The number of halogens is 1. The highest BCUT2D eigenvalue weighted by molar-refractivity contribution is 7.23. The number of carbonyl (C=O) groups is 1. The minimum atomic E-state index is -0.514. The number of pyridine rings is 1. The fourth-order valence-electron chi connectivity index (χ4n) is 8.17. The molecular formula is C32H35FN8O3S. The monoisotopic (exact) mass is 630 g/mol. The third-order valence-electron chi connectivity index (χ3n) is 10.3. The van der Waals surface area contributed by atoms with Crippen LogP contribution in [-0.2, 0) is 11.3 Å². The first-order chi connectivity index (χ1) is 21.9. The second-order valence-electron chi connectivity index (χ2n) is 12.8. The molecule has 3 N–H and O–H groups in total. The molecule has 4 aliphatic heterocycles. The van der Waals surface area contributed by atoms with Crippen LogP contribution in [-0.4, -0.2) is 82.9 Å². The van der Waals surface area contributed by atoms with Gasteiger partial charge in [0.05, 0.1) is 34.8 Å². The molecule has 4 saturated heterocycles. The summed E-state index contributed by atoms with van der Waals surface area (Å²) in [5, 5.41) is 14.3. The highest BCUT2D eigenvalue weighted by Crippen LogP contribution is 2.42. The molecule has 4 aliphatic rings. The van der Waals surface area contributed by atoms with Crippen LogP contribution in [0.5, 0.6) is 5.88 Å². The number of benzene rings is 1. The fraction of sp³-hybridized carbons (Fsp3) is 0.500. The van der Waals surface area contributed by atoms with Gasteiger partial charge in [0.2, 0.25) is 5.88 Å². The molecule has 2 atom stereocenters. The first kappa shape index (κ1) is 28.5. The van der Waals surface area contributed by atoms with Gasteiger partial charge >= 0.3 is 5.97 Å². The largest absolute Gasteiger partial charge is 0.474 e. The summed E-state index contributed by atoms with van der Waals surface area (Å²) in [7, 11) is 1.37. The molecule has 2 bridgehead atoms. The molecule has 45 heavy (non-hydrogen) atoms. The van der Waals surface area contributed by atoms with Gasteiger partial charge in [0, 0.05) is 37.1 Å². The molecule has 8 rings (SSSR count). The number of nitrogen functional groups attached to an aromatic ring is 1. The summed E-state index contributed by atoms with van der Waals surface area (Å²) in [5.74, 6) is -0.0224. The lowest BCUT2D eigenvalue weighted by Gasteiger charge is -2.35. The number of rotatable bonds is 7. The zero-order chi connectivity index (χ0) is 30.9. The van der Waals surface area contributed by atoms with Crippen molar-refractivity contribution in [2.45, 2.75) is 62.7 Å². The number of hydrogen-bond donors (Lipinski definition) is 2. The number of nitrogens with two attached hydrogens (primary N) is 1. The number of nitrogens with one attached hydrogen (secondary N) is 1. The molecule has 7 heterocycles. The number of hydrogen-bond acceptors (Lipinski definition) is 11. The summed E-state index contributed by atoms with van der Waals surface area (Å²) >= 11 is 1.06. The highest BCUT2D eigenvalue weighted by atomic mass is 32.1. The smallest absolute Gasteiger partial charge is 0.343 e. The minimum absolute atomic E-state index is 0.00179. The summed E-state index contributed by atoms with van der Waals surface area (Å²) in [6, 6.07) is 5.83. The number of ether oxygens (including phenoxy) is 2. The van der Waals surface area contributed by atoms with Crippen molar-refractivity contribution in [2.75, 3.05) is 50.5 Å². The molecular weight excluding hydrogens is 595 g/mol. The average molecular weight is 631 g/mol. The second kappa shape index (κ2) is 10.8. The number of carbonyl (C=O) groups excluding carboxylic acids is 1. The van der Waals surface area contributed by atoms with E-state index in [0.717, 1.165) is 63.0 Å². The minimum Gasteiger partial charge on any atom is -0.474 e. The van der Waals surface area contributed by atoms with Gasteiger partial charge in [0.15, 0.2) is 5.52 Å². The van der Waals surface area contributed by atoms with E-state index in [2.05, 4.69) is 21.2 Å². The van der Waals surface area contributed by atoms with Crippen LogP contribution in [0.1, 0.15) is 60.0 Å². The number of methoxy groups -OCH3 is 1. The Kier molecular flexibility index (Phi) is 6.85. The number of thiophene rings is 1. The zero-order valence-corrected chi connectivity index (χ0v) is 26.0. The molecule has 0 aliphatic carbocycles. The van der Waals surface area contributed by atoms with Crippen LogP contribution in [0.15, 0.2) is 18.5 Å².